The van der Waals surface area contributed by atoms with Crippen molar-refractivity contribution in [1.29, 1.82) is 0 Å². The van der Waals surface area contributed by atoms with Crippen LogP contribution in [0.1, 0.15) is 40.1 Å². The maximum absolute atomic E-state index is 12.4. The number of ether oxygens (including phenoxy) is 1. The molecule has 0 aliphatic rings. The van der Waals surface area contributed by atoms with Gasteiger partial charge in [0, 0.05) is 32.8 Å². The van der Waals surface area contributed by atoms with Gasteiger partial charge in [-0.3, -0.25) is 9.59 Å². The zero-order valence-corrected chi connectivity index (χ0v) is 19.9. The van der Waals surface area contributed by atoms with Gasteiger partial charge in [0.15, 0.2) is 0 Å². The largest absolute Gasteiger partial charge is 0.422 e. The fourth-order valence-corrected chi connectivity index (χ4v) is 2.98. The molecular weight excluding hydrogens is 477 g/mol. The predicted octanol–water partition coefficient (Wildman–Crippen LogP) is 5.57. The third-order valence-electron chi connectivity index (χ3n) is 4.56. The summed E-state index contributed by atoms with van der Waals surface area (Å²) in [6.07, 6.45) is 1.32. The highest BCUT2D eigenvalue weighted by Gasteiger charge is 2.12. The number of carbonyl (C=O) groups excluding carboxylic acids is 3. The van der Waals surface area contributed by atoms with E-state index in [0.717, 1.165) is 0 Å². The van der Waals surface area contributed by atoms with Gasteiger partial charge >= 0.3 is 5.97 Å². The number of rotatable bonds is 7. The lowest BCUT2D eigenvalue weighted by Gasteiger charge is -2.09. The third kappa shape index (κ3) is 6.91. The molecule has 0 unspecified atom stereocenters. The van der Waals surface area contributed by atoms with E-state index in [1.54, 1.807) is 74.5 Å². The molecule has 0 atom stereocenters. The normalized spacial score (nSPS) is 10.9. The Hall–Kier alpha value is -3.68. The summed E-state index contributed by atoms with van der Waals surface area (Å²) >= 11 is 11.9. The second-order valence-electron chi connectivity index (χ2n) is 7.50. The second kappa shape index (κ2) is 11.4. The summed E-state index contributed by atoms with van der Waals surface area (Å²) in [7, 11) is 0. The fourth-order valence-electron chi connectivity index (χ4n) is 2.67. The van der Waals surface area contributed by atoms with Crippen LogP contribution in [0.15, 0.2) is 71.8 Å². The van der Waals surface area contributed by atoms with Crippen LogP contribution in [0, 0.1) is 5.92 Å². The quantitative estimate of drug-likeness (QED) is 0.193. The number of esters is 1. The number of nitrogens with zero attached hydrogens (tertiary/aromatic N) is 1. The van der Waals surface area contributed by atoms with Gasteiger partial charge in [-0.05, 0) is 66.7 Å². The standard InChI is InChI=1S/C25H21Cl2N3O4/c1-15(2)23(31)29-21-10-5-16(6-11-21)24(32)30-28-14-18-13-20(27)9-12-22(18)34-25(33)17-3-7-19(26)8-4-17/h3-15H,1-2H3,(H,29,31)(H,30,32)/b28-14+. The molecule has 7 nitrogen and oxygen atoms in total. The average molecular weight is 498 g/mol. The molecular formula is C25H21Cl2N3O4. The lowest BCUT2D eigenvalue weighted by molar-refractivity contribution is -0.118. The maximum Gasteiger partial charge on any atom is 0.343 e. The summed E-state index contributed by atoms with van der Waals surface area (Å²) in [5, 5.41) is 7.60. The van der Waals surface area contributed by atoms with Crippen LogP contribution < -0.4 is 15.5 Å². The van der Waals surface area contributed by atoms with Crippen LogP contribution in [0.3, 0.4) is 0 Å². The van der Waals surface area contributed by atoms with Crippen molar-refractivity contribution in [2.24, 2.45) is 11.0 Å². The van der Waals surface area contributed by atoms with Crippen molar-refractivity contribution < 1.29 is 19.1 Å². The molecule has 174 valence electrons. The Labute approximate surface area is 206 Å². The Kier molecular flexibility index (Phi) is 8.40. The molecule has 34 heavy (non-hydrogen) atoms. The summed E-state index contributed by atoms with van der Waals surface area (Å²) in [5.74, 6) is -1.09. The average Bonchev–Trinajstić information content (AvgIpc) is 2.81. The maximum atomic E-state index is 12.4. The van der Waals surface area contributed by atoms with Gasteiger partial charge in [0.25, 0.3) is 5.91 Å². The van der Waals surface area contributed by atoms with Crippen LogP contribution in [-0.4, -0.2) is 24.0 Å². The van der Waals surface area contributed by atoms with Gasteiger partial charge in [0.1, 0.15) is 5.75 Å². The molecule has 0 aliphatic carbocycles. The van der Waals surface area contributed by atoms with Crippen molar-refractivity contribution in [3.8, 4) is 5.75 Å². The molecule has 0 aromatic heterocycles. The number of amides is 2. The molecule has 0 spiro atoms. The molecule has 2 N–H and O–H groups in total. The van der Waals surface area contributed by atoms with Crippen LogP contribution in [-0.2, 0) is 4.79 Å². The van der Waals surface area contributed by atoms with Crippen LogP contribution in [0.25, 0.3) is 0 Å². The zero-order chi connectivity index (χ0) is 24.7. The van der Waals surface area contributed by atoms with Gasteiger partial charge < -0.3 is 10.1 Å². The van der Waals surface area contributed by atoms with E-state index in [-0.39, 0.29) is 17.6 Å². The van der Waals surface area contributed by atoms with Crippen molar-refractivity contribution in [2.75, 3.05) is 5.32 Å². The van der Waals surface area contributed by atoms with Crippen LogP contribution in [0.5, 0.6) is 5.75 Å². The van der Waals surface area contributed by atoms with Crippen molar-refractivity contribution in [3.05, 3.63) is 93.5 Å². The van der Waals surface area contributed by atoms with E-state index in [4.69, 9.17) is 27.9 Å². The number of hydrogen-bond donors (Lipinski definition) is 2. The van der Waals surface area contributed by atoms with Crippen molar-refractivity contribution in [1.82, 2.24) is 5.43 Å². The molecule has 9 heteroatoms. The minimum absolute atomic E-state index is 0.115. The first kappa shape index (κ1) is 25.0. The number of benzene rings is 3. The first-order valence-electron chi connectivity index (χ1n) is 10.2. The van der Waals surface area contributed by atoms with E-state index >= 15 is 0 Å². The predicted molar refractivity (Wildman–Crippen MR) is 133 cm³/mol. The Morgan fingerprint density at radius 2 is 1.50 bits per heavy atom. The van der Waals surface area contributed by atoms with E-state index in [2.05, 4.69) is 15.8 Å². The summed E-state index contributed by atoms with van der Waals surface area (Å²) in [5.41, 5.74) is 4.06. The molecule has 3 aromatic carbocycles. The number of hydrazone groups is 1. The number of halogens is 2. The van der Waals surface area contributed by atoms with E-state index in [9.17, 15) is 14.4 Å². The van der Waals surface area contributed by atoms with Crippen LogP contribution in [0.2, 0.25) is 10.0 Å². The molecule has 2 amide bonds. The Balaban J connectivity index is 1.66. The van der Waals surface area contributed by atoms with Crippen molar-refractivity contribution in [3.63, 3.8) is 0 Å². The molecule has 0 fully saturated rings. The molecule has 0 saturated heterocycles. The molecule has 3 rings (SSSR count). The summed E-state index contributed by atoms with van der Waals surface area (Å²) in [6, 6.07) is 17.3. The zero-order valence-electron chi connectivity index (χ0n) is 18.3. The Bertz CT molecular complexity index is 1220. The fraction of sp³-hybridized carbons (Fsp3) is 0.120. The monoisotopic (exact) mass is 497 g/mol. The molecule has 0 bridgehead atoms. The highest BCUT2D eigenvalue weighted by molar-refractivity contribution is 6.31. The van der Waals surface area contributed by atoms with Gasteiger partial charge in [-0.1, -0.05) is 37.0 Å². The van der Waals surface area contributed by atoms with Gasteiger partial charge in [0.05, 0.1) is 11.8 Å². The van der Waals surface area contributed by atoms with Gasteiger partial charge in [-0.25, -0.2) is 10.2 Å². The van der Waals surface area contributed by atoms with E-state index < -0.39 is 11.9 Å². The lowest BCUT2D eigenvalue weighted by Crippen LogP contribution is -2.19. The molecule has 3 aromatic rings. The Morgan fingerprint density at radius 3 is 2.15 bits per heavy atom. The highest BCUT2D eigenvalue weighted by Crippen LogP contribution is 2.23. The minimum Gasteiger partial charge on any atom is -0.422 e. The van der Waals surface area contributed by atoms with Crippen molar-refractivity contribution in [2.45, 2.75) is 13.8 Å². The van der Waals surface area contributed by atoms with Crippen LogP contribution in [0.4, 0.5) is 5.69 Å². The summed E-state index contributed by atoms with van der Waals surface area (Å²) in [6.45, 7) is 3.58. The SMILES string of the molecule is CC(C)C(=O)Nc1ccc(C(=O)N/N=C/c2cc(Cl)ccc2OC(=O)c2ccc(Cl)cc2)cc1. The first-order chi connectivity index (χ1) is 16.2. The molecule has 0 radical (unpaired) electrons. The molecule has 0 heterocycles. The van der Waals surface area contributed by atoms with Crippen molar-refractivity contribution >= 4 is 52.9 Å². The van der Waals surface area contributed by atoms with E-state index in [1.807, 2.05) is 0 Å². The topological polar surface area (TPSA) is 96.9 Å². The smallest absolute Gasteiger partial charge is 0.343 e. The van der Waals surface area contributed by atoms with E-state index in [1.165, 1.54) is 12.3 Å². The number of hydrogen-bond acceptors (Lipinski definition) is 5. The highest BCUT2D eigenvalue weighted by atomic mass is 35.5. The van der Waals surface area contributed by atoms with Gasteiger partial charge in [-0.15, -0.1) is 0 Å². The molecule has 0 saturated carbocycles. The van der Waals surface area contributed by atoms with Gasteiger partial charge in [0.2, 0.25) is 5.91 Å². The summed E-state index contributed by atoms with van der Waals surface area (Å²) < 4.78 is 5.45. The van der Waals surface area contributed by atoms with E-state index in [0.29, 0.717) is 32.4 Å². The first-order valence-corrected chi connectivity index (χ1v) is 11.0. The Morgan fingerprint density at radius 1 is 0.882 bits per heavy atom. The summed E-state index contributed by atoms with van der Waals surface area (Å²) in [4.78, 5) is 36.6. The third-order valence-corrected chi connectivity index (χ3v) is 5.05. The lowest BCUT2D eigenvalue weighted by atomic mass is 10.1. The van der Waals surface area contributed by atoms with Gasteiger partial charge in [-0.2, -0.15) is 5.10 Å². The minimum atomic E-state index is -0.581. The number of nitrogens with one attached hydrogen (secondary N) is 2. The molecule has 0 aliphatic heterocycles. The number of carbonyl (C=O) groups is 3. The van der Waals surface area contributed by atoms with Crippen LogP contribution >= 0.6 is 23.2 Å². The second-order valence-corrected chi connectivity index (χ2v) is 8.37. The number of anilines is 1.